The van der Waals surface area contributed by atoms with Crippen molar-refractivity contribution in [2.24, 2.45) is 0 Å². The lowest BCUT2D eigenvalue weighted by Gasteiger charge is -2.40. The highest BCUT2D eigenvalue weighted by Gasteiger charge is 2.27. The van der Waals surface area contributed by atoms with Crippen LogP contribution >= 0.6 is 0 Å². The molecule has 2 unspecified atom stereocenters. The van der Waals surface area contributed by atoms with Gasteiger partial charge in [0.05, 0.1) is 18.2 Å². The van der Waals surface area contributed by atoms with E-state index in [1.54, 1.807) is 0 Å². The Labute approximate surface area is 102 Å². The first-order valence-electron chi connectivity index (χ1n) is 6.04. The molecule has 1 aromatic heterocycles. The van der Waals surface area contributed by atoms with Gasteiger partial charge in [-0.3, -0.25) is 9.88 Å². The van der Waals surface area contributed by atoms with Gasteiger partial charge in [0.1, 0.15) is 0 Å². The SMILES string of the molecule is CC1CNCC(CC#N)N1Cc1ccccn1. The highest BCUT2D eigenvalue weighted by Crippen LogP contribution is 2.15. The summed E-state index contributed by atoms with van der Waals surface area (Å²) in [5.41, 5.74) is 1.07. The molecule has 0 bridgehead atoms. The first-order valence-corrected chi connectivity index (χ1v) is 6.04. The van der Waals surface area contributed by atoms with Gasteiger partial charge in [0, 0.05) is 37.9 Å². The predicted octanol–water partition coefficient (Wildman–Crippen LogP) is 1.16. The average Bonchev–Trinajstić information content (AvgIpc) is 2.35. The third kappa shape index (κ3) is 3.02. The van der Waals surface area contributed by atoms with Gasteiger partial charge in [-0.1, -0.05) is 6.07 Å². The Morgan fingerprint density at radius 2 is 2.41 bits per heavy atom. The lowest BCUT2D eigenvalue weighted by molar-refractivity contribution is 0.0988. The molecule has 90 valence electrons. The van der Waals surface area contributed by atoms with Crippen LogP contribution in [0.3, 0.4) is 0 Å². The van der Waals surface area contributed by atoms with E-state index in [1.807, 2.05) is 24.4 Å². The summed E-state index contributed by atoms with van der Waals surface area (Å²) in [6, 6.07) is 8.99. The van der Waals surface area contributed by atoms with Crippen molar-refractivity contribution in [3.8, 4) is 6.07 Å². The number of hydrogen-bond acceptors (Lipinski definition) is 4. The van der Waals surface area contributed by atoms with Crippen molar-refractivity contribution in [3.05, 3.63) is 30.1 Å². The molecule has 0 amide bonds. The number of nitrogens with zero attached hydrogens (tertiary/aromatic N) is 3. The van der Waals surface area contributed by atoms with Crippen molar-refractivity contribution >= 4 is 0 Å². The van der Waals surface area contributed by atoms with Gasteiger partial charge in [-0.2, -0.15) is 5.26 Å². The van der Waals surface area contributed by atoms with Gasteiger partial charge in [-0.25, -0.2) is 0 Å². The lowest BCUT2D eigenvalue weighted by Crippen LogP contribution is -2.55. The standard InChI is InChI=1S/C13H18N4/c1-11-8-15-9-13(5-6-14)17(11)10-12-4-2-3-7-16-12/h2-4,7,11,13,15H,5,8-10H2,1H3. The highest BCUT2D eigenvalue weighted by molar-refractivity contribution is 5.05. The third-order valence-electron chi connectivity index (χ3n) is 3.25. The molecule has 1 aliphatic rings. The number of piperazine rings is 1. The molecule has 2 heterocycles. The molecule has 0 radical (unpaired) electrons. The monoisotopic (exact) mass is 230 g/mol. The Kier molecular flexibility index (Phi) is 4.08. The lowest BCUT2D eigenvalue weighted by atomic mass is 10.1. The molecule has 1 N–H and O–H groups in total. The van der Waals surface area contributed by atoms with E-state index in [-0.39, 0.29) is 0 Å². The predicted molar refractivity (Wildman–Crippen MR) is 66.1 cm³/mol. The minimum Gasteiger partial charge on any atom is -0.314 e. The van der Waals surface area contributed by atoms with E-state index in [4.69, 9.17) is 5.26 Å². The Bertz CT molecular complexity index is 384. The van der Waals surface area contributed by atoms with Crippen LogP contribution in [-0.2, 0) is 6.54 Å². The summed E-state index contributed by atoms with van der Waals surface area (Å²) in [5.74, 6) is 0. The number of aromatic nitrogens is 1. The van der Waals surface area contributed by atoms with E-state index < -0.39 is 0 Å². The summed E-state index contributed by atoms with van der Waals surface area (Å²) in [5, 5.41) is 12.2. The first kappa shape index (κ1) is 12.0. The van der Waals surface area contributed by atoms with Crippen LogP contribution < -0.4 is 5.32 Å². The van der Waals surface area contributed by atoms with E-state index in [9.17, 15) is 0 Å². The minimum atomic E-state index is 0.297. The quantitative estimate of drug-likeness (QED) is 0.846. The van der Waals surface area contributed by atoms with Gasteiger partial charge < -0.3 is 5.32 Å². The summed E-state index contributed by atoms with van der Waals surface area (Å²) in [4.78, 5) is 6.73. The Morgan fingerprint density at radius 1 is 1.53 bits per heavy atom. The van der Waals surface area contributed by atoms with Crippen LogP contribution in [0.15, 0.2) is 24.4 Å². The van der Waals surface area contributed by atoms with E-state index in [2.05, 4.69) is 28.2 Å². The molecule has 1 aliphatic heterocycles. The Hall–Kier alpha value is -1.44. The molecular weight excluding hydrogens is 212 g/mol. The van der Waals surface area contributed by atoms with Crippen molar-refractivity contribution < 1.29 is 0 Å². The van der Waals surface area contributed by atoms with Gasteiger partial charge in [0.15, 0.2) is 0 Å². The van der Waals surface area contributed by atoms with Gasteiger partial charge >= 0.3 is 0 Å². The third-order valence-corrected chi connectivity index (χ3v) is 3.25. The fourth-order valence-electron chi connectivity index (χ4n) is 2.31. The number of nitriles is 1. The zero-order valence-electron chi connectivity index (χ0n) is 10.1. The summed E-state index contributed by atoms with van der Waals surface area (Å²) in [6.07, 6.45) is 2.39. The topological polar surface area (TPSA) is 52.0 Å². The second-order valence-electron chi connectivity index (χ2n) is 4.52. The van der Waals surface area contributed by atoms with E-state index in [0.29, 0.717) is 18.5 Å². The molecule has 1 saturated heterocycles. The summed E-state index contributed by atoms with van der Waals surface area (Å²) in [6.45, 7) is 4.90. The second-order valence-corrected chi connectivity index (χ2v) is 4.52. The number of hydrogen-bond donors (Lipinski definition) is 1. The molecule has 2 atom stereocenters. The zero-order valence-corrected chi connectivity index (χ0v) is 10.1. The fraction of sp³-hybridized carbons (Fsp3) is 0.538. The molecular formula is C13H18N4. The van der Waals surface area contributed by atoms with Crippen LogP contribution in [0.2, 0.25) is 0 Å². The van der Waals surface area contributed by atoms with Gasteiger partial charge in [-0.15, -0.1) is 0 Å². The average molecular weight is 230 g/mol. The van der Waals surface area contributed by atoms with Crippen LogP contribution in [0.25, 0.3) is 0 Å². The summed E-state index contributed by atoms with van der Waals surface area (Å²) >= 11 is 0. The summed E-state index contributed by atoms with van der Waals surface area (Å²) in [7, 11) is 0. The fourth-order valence-corrected chi connectivity index (χ4v) is 2.31. The molecule has 0 aromatic carbocycles. The van der Waals surface area contributed by atoms with Crippen molar-refractivity contribution in [2.45, 2.75) is 32.0 Å². The van der Waals surface area contributed by atoms with Crippen LogP contribution in [0.1, 0.15) is 19.0 Å². The maximum absolute atomic E-state index is 8.87. The van der Waals surface area contributed by atoms with E-state index in [0.717, 1.165) is 25.3 Å². The van der Waals surface area contributed by atoms with Crippen molar-refractivity contribution in [2.75, 3.05) is 13.1 Å². The molecule has 0 aliphatic carbocycles. The van der Waals surface area contributed by atoms with Gasteiger partial charge in [0.2, 0.25) is 0 Å². The smallest absolute Gasteiger partial charge is 0.0638 e. The van der Waals surface area contributed by atoms with Crippen LogP contribution in [-0.4, -0.2) is 35.1 Å². The highest BCUT2D eigenvalue weighted by atomic mass is 15.2. The second kappa shape index (κ2) is 5.76. The Balaban J connectivity index is 2.07. The largest absolute Gasteiger partial charge is 0.314 e. The zero-order chi connectivity index (χ0) is 12.1. The molecule has 0 spiro atoms. The van der Waals surface area contributed by atoms with E-state index >= 15 is 0 Å². The minimum absolute atomic E-state index is 0.297. The van der Waals surface area contributed by atoms with Crippen molar-refractivity contribution in [3.63, 3.8) is 0 Å². The van der Waals surface area contributed by atoms with Crippen LogP contribution in [0.4, 0.5) is 0 Å². The summed E-state index contributed by atoms with van der Waals surface area (Å²) < 4.78 is 0. The molecule has 2 rings (SSSR count). The molecule has 17 heavy (non-hydrogen) atoms. The molecule has 4 nitrogen and oxygen atoms in total. The van der Waals surface area contributed by atoms with Crippen molar-refractivity contribution in [1.29, 1.82) is 5.26 Å². The number of pyridine rings is 1. The number of nitrogens with one attached hydrogen (secondary N) is 1. The first-order chi connectivity index (χ1) is 8.31. The maximum atomic E-state index is 8.87. The molecule has 1 fully saturated rings. The Morgan fingerprint density at radius 3 is 3.12 bits per heavy atom. The molecule has 1 aromatic rings. The normalized spacial score (nSPS) is 25.4. The van der Waals surface area contributed by atoms with Gasteiger partial charge in [0.25, 0.3) is 0 Å². The van der Waals surface area contributed by atoms with E-state index in [1.165, 1.54) is 0 Å². The van der Waals surface area contributed by atoms with Crippen molar-refractivity contribution in [1.82, 2.24) is 15.2 Å². The molecule has 0 saturated carbocycles. The van der Waals surface area contributed by atoms with Crippen LogP contribution in [0.5, 0.6) is 0 Å². The maximum Gasteiger partial charge on any atom is 0.0638 e. The number of rotatable bonds is 3. The van der Waals surface area contributed by atoms with Gasteiger partial charge in [-0.05, 0) is 19.1 Å². The molecule has 4 heteroatoms. The van der Waals surface area contributed by atoms with Crippen LogP contribution in [0, 0.1) is 11.3 Å².